The maximum absolute atomic E-state index is 13.4. The van der Waals surface area contributed by atoms with Crippen molar-refractivity contribution in [3.8, 4) is 0 Å². The van der Waals surface area contributed by atoms with Crippen LogP contribution in [0.3, 0.4) is 0 Å². The Kier molecular flexibility index (Phi) is 3.71. The average Bonchev–Trinajstić information content (AvgIpc) is 3.14. The van der Waals surface area contributed by atoms with Gasteiger partial charge in [-0.15, -0.1) is 0 Å². The van der Waals surface area contributed by atoms with Gasteiger partial charge in [0.15, 0.2) is 0 Å². The normalized spacial score (nSPS) is 14.7. The molecule has 0 atom stereocenters. The summed E-state index contributed by atoms with van der Waals surface area (Å²) in [5, 5.41) is 0. The van der Waals surface area contributed by atoms with E-state index in [1.165, 1.54) is 12.3 Å². The van der Waals surface area contributed by atoms with Crippen LogP contribution in [0.25, 0.3) is 0 Å². The van der Waals surface area contributed by atoms with E-state index in [1.807, 2.05) is 0 Å². The highest BCUT2D eigenvalue weighted by Crippen LogP contribution is 2.28. The van der Waals surface area contributed by atoms with Gasteiger partial charge in [0.2, 0.25) is 5.95 Å². The number of unbranched alkanes of at least 4 members (excludes halogenated alkanes) is 1. The van der Waals surface area contributed by atoms with E-state index in [1.54, 1.807) is 11.0 Å². The van der Waals surface area contributed by atoms with Crippen LogP contribution in [-0.4, -0.2) is 28.4 Å². The monoisotopic (exact) mass is 236 g/mol. The van der Waals surface area contributed by atoms with Crippen molar-refractivity contribution in [3.63, 3.8) is 0 Å². The maximum Gasteiger partial charge on any atom is 0.258 e. The summed E-state index contributed by atoms with van der Waals surface area (Å²) in [5.41, 5.74) is 0.0931. The van der Waals surface area contributed by atoms with Crippen LogP contribution < -0.4 is 0 Å². The number of hydrogen-bond acceptors (Lipinski definition) is 2. The number of aromatic nitrogens is 1. The van der Waals surface area contributed by atoms with Gasteiger partial charge in [0.05, 0.1) is 5.56 Å². The number of hydrogen-bond donors (Lipinski definition) is 0. The first-order valence-corrected chi connectivity index (χ1v) is 6.15. The molecule has 0 unspecified atom stereocenters. The van der Waals surface area contributed by atoms with Crippen LogP contribution in [0, 0.1) is 5.95 Å². The summed E-state index contributed by atoms with van der Waals surface area (Å²) in [6.07, 6.45) is 5.43. The minimum Gasteiger partial charge on any atom is -0.336 e. The first-order valence-electron chi connectivity index (χ1n) is 6.15. The van der Waals surface area contributed by atoms with Gasteiger partial charge in [-0.2, -0.15) is 4.39 Å². The van der Waals surface area contributed by atoms with Crippen LogP contribution in [0.2, 0.25) is 0 Å². The predicted octanol–water partition coefficient (Wildman–Crippen LogP) is 2.63. The summed E-state index contributed by atoms with van der Waals surface area (Å²) in [4.78, 5) is 17.5. The van der Waals surface area contributed by atoms with Gasteiger partial charge >= 0.3 is 0 Å². The minimum absolute atomic E-state index is 0.0931. The fourth-order valence-electron chi connectivity index (χ4n) is 1.86. The minimum atomic E-state index is -0.667. The Bertz CT molecular complexity index is 404. The molecule has 4 heteroatoms. The standard InChI is InChI=1S/C13H17FN2O/c1-2-3-9-16(10-6-7-10)13(17)11-5-4-8-15-12(11)14/h4-5,8,10H,2-3,6-7,9H2,1H3. The fourth-order valence-corrected chi connectivity index (χ4v) is 1.86. The molecule has 1 saturated carbocycles. The lowest BCUT2D eigenvalue weighted by Gasteiger charge is -2.22. The molecule has 1 fully saturated rings. The molecule has 0 saturated heterocycles. The lowest BCUT2D eigenvalue weighted by Crippen LogP contribution is -2.34. The van der Waals surface area contributed by atoms with Crippen LogP contribution in [0.4, 0.5) is 4.39 Å². The number of halogens is 1. The third-order valence-corrected chi connectivity index (χ3v) is 2.99. The van der Waals surface area contributed by atoms with Crippen LogP contribution >= 0.6 is 0 Å². The quantitative estimate of drug-likeness (QED) is 0.736. The van der Waals surface area contributed by atoms with Crippen molar-refractivity contribution in [3.05, 3.63) is 29.8 Å². The van der Waals surface area contributed by atoms with Gasteiger partial charge in [-0.25, -0.2) is 4.98 Å². The second-order valence-corrected chi connectivity index (χ2v) is 4.43. The van der Waals surface area contributed by atoms with E-state index < -0.39 is 5.95 Å². The van der Waals surface area contributed by atoms with Crippen molar-refractivity contribution in [2.24, 2.45) is 0 Å². The molecule has 0 aromatic carbocycles. The molecule has 2 rings (SSSR count). The van der Waals surface area contributed by atoms with Gasteiger partial charge in [-0.1, -0.05) is 13.3 Å². The molecule has 1 aromatic heterocycles. The molecule has 1 amide bonds. The Morgan fingerprint density at radius 1 is 1.59 bits per heavy atom. The molecule has 0 spiro atoms. The highest BCUT2D eigenvalue weighted by molar-refractivity contribution is 5.94. The van der Waals surface area contributed by atoms with E-state index in [4.69, 9.17) is 0 Å². The summed E-state index contributed by atoms with van der Waals surface area (Å²) in [6, 6.07) is 3.42. The number of amides is 1. The summed E-state index contributed by atoms with van der Waals surface area (Å²) in [7, 11) is 0. The SMILES string of the molecule is CCCCN(C(=O)c1cccnc1F)C1CC1. The third-order valence-electron chi connectivity index (χ3n) is 2.99. The number of rotatable bonds is 5. The average molecular weight is 236 g/mol. The first-order chi connectivity index (χ1) is 8.24. The molecule has 3 nitrogen and oxygen atoms in total. The first kappa shape index (κ1) is 12.0. The molecule has 0 radical (unpaired) electrons. The molecule has 1 heterocycles. The molecule has 92 valence electrons. The Labute approximate surface area is 101 Å². The second kappa shape index (κ2) is 5.25. The van der Waals surface area contributed by atoms with E-state index in [9.17, 15) is 9.18 Å². The molecule has 0 N–H and O–H groups in total. The van der Waals surface area contributed by atoms with E-state index >= 15 is 0 Å². The molecule has 0 bridgehead atoms. The van der Waals surface area contributed by atoms with E-state index in [0.717, 1.165) is 25.7 Å². The Morgan fingerprint density at radius 3 is 2.94 bits per heavy atom. The van der Waals surface area contributed by atoms with E-state index in [-0.39, 0.29) is 11.5 Å². The van der Waals surface area contributed by atoms with Crippen LogP contribution in [0.5, 0.6) is 0 Å². The third kappa shape index (κ3) is 2.81. The number of pyridine rings is 1. The topological polar surface area (TPSA) is 33.2 Å². The van der Waals surface area contributed by atoms with E-state index in [2.05, 4.69) is 11.9 Å². The summed E-state index contributed by atoms with van der Waals surface area (Å²) < 4.78 is 13.4. The van der Waals surface area contributed by atoms with Gasteiger partial charge in [0.1, 0.15) is 0 Å². The van der Waals surface area contributed by atoms with Gasteiger partial charge in [0, 0.05) is 18.8 Å². The van der Waals surface area contributed by atoms with Crippen molar-refractivity contribution in [1.82, 2.24) is 9.88 Å². The summed E-state index contributed by atoms with van der Waals surface area (Å²) in [5.74, 6) is -0.883. The maximum atomic E-state index is 13.4. The molecule has 1 aliphatic rings. The largest absolute Gasteiger partial charge is 0.336 e. The van der Waals surface area contributed by atoms with Crippen LogP contribution in [-0.2, 0) is 0 Å². The number of carbonyl (C=O) groups excluding carboxylic acids is 1. The number of carbonyl (C=O) groups is 1. The highest BCUT2D eigenvalue weighted by atomic mass is 19.1. The number of nitrogens with zero attached hydrogens (tertiary/aromatic N) is 2. The zero-order valence-electron chi connectivity index (χ0n) is 10.0. The summed E-state index contributed by atoms with van der Waals surface area (Å²) in [6.45, 7) is 2.80. The van der Waals surface area contributed by atoms with Crippen molar-refractivity contribution in [1.29, 1.82) is 0 Å². The van der Waals surface area contributed by atoms with E-state index in [0.29, 0.717) is 12.6 Å². The lowest BCUT2D eigenvalue weighted by molar-refractivity contribution is 0.0735. The highest BCUT2D eigenvalue weighted by Gasteiger charge is 2.33. The van der Waals surface area contributed by atoms with Crippen molar-refractivity contribution < 1.29 is 9.18 Å². The second-order valence-electron chi connectivity index (χ2n) is 4.43. The van der Waals surface area contributed by atoms with Crippen molar-refractivity contribution >= 4 is 5.91 Å². The predicted molar refractivity (Wildman–Crippen MR) is 63.2 cm³/mol. The molecule has 1 aliphatic carbocycles. The smallest absolute Gasteiger partial charge is 0.258 e. The van der Waals surface area contributed by atoms with Gasteiger partial charge < -0.3 is 4.90 Å². The Morgan fingerprint density at radius 2 is 2.35 bits per heavy atom. The molecule has 17 heavy (non-hydrogen) atoms. The molecular weight excluding hydrogens is 219 g/mol. The Balaban J connectivity index is 2.13. The zero-order valence-corrected chi connectivity index (χ0v) is 10.0. The van der Waals surface area contributed by atoms with Crippen molar-refractivity contribution in [2.45, 2.75) is 38.6 Å². The van der Waals surface area contributed by atoms with Gasteiger partial charge in [0.25, 0.3) is 5.91 Å². The van der Waals surface area contributed by atoms with Crippen molar-refractivity contribution in [2.75, 3.05) is 6.54 Å². The lowest BCUT2D eigenvalue weighted by atomic mass is 10.2. The molecule has 0 aliphatic heterocycles. The van der Waals surface area contributed by atoms with Crippen LogP contribution in [0.1, 0.15) is 43.0 Å². The molecule has 1 aromatic rings. The fraction of sp³-hybridized carbons (Fsp3) is 0.538. The van der Waals surface area contributed by atoms with Crippen LogP contribution in [0.15, 0.2) is 18.3 Å². The Hall–Kier alpha value is -1.45. The molecular formula is C13H17FN2O. The van der Waals surface area contributed by atoms with Gasteiger partial charge in [-0.3, -0.25) is 4.79 Å². The van der Waals surface area contributed by atoms with Gasteiger partial charge in [-0.05, 0) is 31.4 Å². The summed E-state index contributed by atoms with van der Waals surface area (Å²) >= 11 is 0. The zero-order chi connectivity index (χ0) is 12.3.